The lowest BCUT2D eigenvalue weighted by Crippen LogP contribution is -2.53. The molecular formula is C17H28ClN3O. The zero-order valence-corrected chi connectivity index (χ0v) is 14.6. The van der Waals surface area contributed by atoms with Crippen LogP contribution in [0.4, 0.5) is 0 Å². The molecule has 5 heteroatoms. The van der Waals surface area contributed by atoms with Crippen molar-refractivity contribution in [3.05, 3.63) is 35.4 Å². The van der Waals surface area contributed by atoms with Crippen molar-refractivity contribution in [2.45, 2.75) is 39.3 Å². The van der Waals surface area contributed by atoms with E-state index in [-0.39, 0.29) is 24.4 Å². The van der Waals surface area contributed by atoms with Crippen LogP contribution < -0.4 is 10.6 Å². The molecule has 1 amide bonds. The van der Waals surface area contributed by atoms with Gasteiger partial charge in [-0.2, -0.15) is 0 Å². The first-order valence-electron chi connectivity index (χ1n) is 7.85. The van der Waals surface area contributed by atoms with Crippen LogP contribution in [0.1, 0.15) is 25.0 Å². The van der Waals surface area contributed by atoms with Crippen LogP contribution in [0.3, 0.4) is 0 Å². The summed E-state index contributed by atoms with van der Waals surface area (Å²) in [7, 11) is 0. The lowest BCUT2D eigenvalue weighted by atomic mass is 10.0. The molecule has 0 aromatic heterocycles. The van der Waals surface area contributed by atoms with E-state index in [2.05, 4.69) is 54.5 Å². The molecule has 0 radical (unpaired) electrons. The summed E-state index contributed by atoms with van der Waals surface area (Å²) in [5.74, 6) is 0.129. The van der Waals surface area contributed by atoms with Gasteiger partial charge >= 0.3 is 0 Å². The zero-order valence-electron chi connectivity index (χ0n) is 13.8. The Labute approximate surface area is 140 Å². The zero-order chi connectivity index (χ0) is 15.2. The molecule has 22 heavy (non-hydrogen) atoms. The van der Waals surface area contributed by atoms with E-state index in [0.29, 0.717) is 12.6 Å². The predicted octanol–water partition coefficient (Wildman–Crippen LogP) is 1.76. The van der Waals surface area contributed by atoms with Gasteiger partial charge in [-0.05, 0) is 38.3 Å². The smallest absolute Gasteiger partial charge is 0.234 e. The highest BCUT2D eigenvalue weighted by molar-refractivity contribution is 5.85. The van der Waals surface area contributed by atoms with Gasteiger partial charge in [0.1, 0.15) is 0 Å². The number of aryl methyl sites for hydroxylation is 1. The number of hydrogen-bond donors (Lipinski definition) is 2. The molecule has 1 saturated heterocycles. The number of nitrogens with one attached hydrogen (secondary N) is 2. The summed E-state index contributed by atoms with van der Waals surface area (Å²) in [5.41, 5.74) is 2.59. The number of benzene rings is 1. The van der Waals surface area contributed by atoms with Crippen LogP contribution >= 0.6 is 12.4 Å². The van der Waals surface area contributed by atoms with Crippen LogP contribution in [0, 0.1) is 6.92 Å². The highest BCUT2D eigenvalue weighted by Gasteiger charge is 2.20. The number of halogens is 1. The lowest BCUT2D eigenvalue weighted by Gasteiger charge is -2.33. The van der Waals surface area contributed by atoms with Gasteiger partial charge in [-0.25, -0.2) is 0 Å². The van der Waals surface area contributed by atoms with Crippen molar-refractivity contribution >= 4 is 18.3 Å². The quantitative estimate of drug-likeness (QED) is 0.867. The standard InChI is InChI=1S/C17H27N3O.ClH/c1-13-6-4-5-7-16(13)10-14(2)19-17(21)12-20-9-8-18-11-15(20)3;/h4-7,14-15,18H,8-12H2,1-3H3,(H,19,21);1H/t14?,15-;/m0./s1. The fourth-order valence-electron chi connectivity index (χ4n) is 2.84. The Balaban J connectivity index is 0.00000242. The van der Waals surface area contributed by atoms with E-state index in [1.54, 1.807) is 0 Å². The number of amides is 1. The van der Waals surface area contributed by atoms with Gasteiger partial charge in [0.25, 0.3) is 0 Å². The number of hydrogen-bond acceptors (Lipinski definition) is 3. The first kappa shape index (κ1) is 18.9. The minimum absolute atomic E-state index is 0. The van der Waals surface area contributed by atoms with Crippen molar-refractivity contribution in [2.75, 3.05) is 26.2 Å². The summed E-state index contributed by atoms with van der Waals surface area (Å²) in [6, 6.07) is 8.95. The molecule has 4 nitrogen and oxygen atoms in total. The Morgan fingerprint density at radius 2 is 2.18 bits per heavy atom. The van der Waals surface area contributed by atoms with Gasteiger partial charge in [0, 0.05) is 31.7 Å². The van der Waals surface area contributed by atoms with Gasteiger partial charge in [0.05, 0.1) is 6.54 Å². The SMILES string of the molecule is Cc1ccccc1CC(C)NC(=O)CN1CCNC[C@@H]1C.Cl. The molecule has 2 atom stereocenters. The molecule has 1 aromatic carbocycles. The summed E-state index contributed by atoms with van der Waals surface area (Å²) in [5, 5.41) is 6.47. The maximum atomic E-state index is 12.2. The van der Waals surface area contributed by atoms with Crippen molar-refractivity contribution in [1.29, 1.82) is 0 Å². The highest BCUT2D eigenvalue weighted by atomic mass is 35.5. The van der Waals surface area contributed by atoms with Gasteiger partial charge < -0.3 is 10.6 Å². The molecule has 0 aliphatic carbocycles. The topological polar surface area (TPSA) is 44.4 Å². The van der Waals surface area contributed by atoms with Crippen molar-refractivity contribution in [2.24, 2.45) is 0 Å². The van der Waals surface area contributed by atoms with Crippen LogP contribution in [0.25, 0.3) is 0 Å². The molecule has 1 aliphatic heterocycles. The van der Waals surface area contributed by atoms with E-state index in [1.165, 1.54) is 11.1 Å². The molecule has 1 heterocycles. The number of piperazine rings is 1. The maximum absolute atomic E-state index is 12.2. The molecule has 0 saturated carbocycles. The third-order valence-electron chi connectivity index (χ3n) is 4.18. The Hall–Kier alpha value is -1.10. The fraction of sp³-hybridized carbons (Fsp3) is 0.588. The number of nitrogens with zero attached hydrogens (tertiary/aromatic N) is 1. The van der Waals surface area contributed by atoms with E-state index in [1.807, 2.05) is 6.07 Å². The van der Waals surface area contributed by atoms with E-state index < -0.39 is 0 Å². The van der Waals surface area contributed by atoms with E-state index in [0.717, 1.165) is 26.1 Å². The second-order valence-corrected chi connectivity index (χ2v) is 6.12. The minimum Gasteiger partial charge on any atom is -0.352 e. The highest BCUT2D eigenvalue weighted by Crippen LogP contribution is 2.09. The molecule has 1 aromatic rings. The molecule has 0 bridgehead atoms. The van der Waals surface area contributed by atoms with Gasteiger partial charge in [0.15, 0.2) is 0 Å². The minimum atomic E-state index is 0. The third kappa shape index (κ3) is 5.59. The molecule has 124 valence electrons. The largest absolute Gasteiger partial charge is 0.352 e. The molecular weight excluding hydrogens is 298 g/mol. The average Bonchev–Trinajstić information content (AvgIpc) is 2.44. The Morgan fingerprint density at radius 1 is 1.45 bits per heavy atom. The number of carbonyl (C=O) groups excluding carboxylic acids is 1. The summed E-state index contributed by atoms with van der Waals surface area (Å²) >= 11 is 0. The van der Waals surface area contributed by atoms with Crippen molar-refractivity contribution in [1.82, 2.24) is 15.5 Å². The maximum Gasteiger partial charge on any atom is 0.234 e. The second-order valence-electron chi connectivity index (χ2n) is 6.12. The fourth-order valence-corrected chi connectivity index (χ4v) is 2.84. The number of carbonyl (C=O) groups is 1. The van der Waals surface area contributed by atoms with Crippen LogP contribution in [0.5, 0.6) is 0 Å². The average molecular weight is 326 g/mol. The first-order valence-corrected chi connectivity index (χ1v) is 7.85. The van der Waals surface area contributed by atoms with E-state index in [9.17, 15) is 4.79 Å². The van der Waals surface area contributed by atoms with Crippen LogP contribution in [-0.2, 0) is 11.2 Å². The van der Waals surface area contributed by atoms with Gasteiger partial charge in [-0.15, -0.1) is 12.4 Å². The number of rotatable bonds is 5. The third-order valence-corrected chi connectivity index (χ3v) is 4.18. The molecule has 1 unspecified atom stereocenters. The van der Waals surface area contributed by atoms with Crippen molar-refractivity contribution < 1.29 is 4.79 Å². The second kappa shape index (κ2) is 9.13. The van der Waals surface area contributed by atoms with E-state index in [4.69, 9.17) is 0 Å². The Kier molecular flexibility index (Phi) is 7.87. The van der Waals surface area contributed by atoms with Gasteiger partial charge in [-0.3, -0.25) is 9.69 Å². The van der Waals surface area contributed by atoms with Crippen LogP contribution in [-0.4, -0.2) is 49.1 Å². The van der Waals surface area contributed by atoms with E-state index >= 15 is 0 Å². The van der Waals surface area contributed by atoms with Gasteiger partial charge in [0.2, 0.25) is 5.91 Å². The Morgan fingerprint density at radius 3 is 2.86 bits per heavy atom. The molecule has 2 rings (SSSR count). The van der Waals surface area contributed by atoms with Crippen LogP contribution in [0.2, 0.25) is 0 Å². The summed E-state index contributed by atoms with van der Waals surface area (Å²) < 4.78 is 0. The van der Waals surface area contributed by atoms with Crippen molar-refractivity contribution in [3.63, 3.8) is 0 Å². The molecule has 2 N–H and O–H groups in total. The Bertz CT molecular complexity index is 481. The predicted molar refractivity (Wildman–Crippen MR) is 93.6 cm³/mol. The molecule has 1 aliphatic rings. The lowest BCUT2D eigenvalue weighted by molar-refractivity contribution is -0.123. The van der Waals surface area contributed by atoms with Crippen molar-refractivity contribution in [3.8, 4) is 0 Å². The summed E-state index contributed by atoms with van der Waals surface area (Å²) in [6.07, 6.45) is 0.884. The summed E-state index contributed by atoms with van der Waals surface area (Å²) in [6.45, 7) is 9.73. The molecule has 1 fully saturated rings. The normalized spacial score (nSPS) is 20.0. The van der Waals surface area contributed by atoms with Gasteiger partial charge in [-0.1, -0.05) is 24.3 Å². The first-order chi connectivity index (χ1) is 10.1. The molecule has 0 spiro atoms. The summed E-state index contributed by atoms with van der Waals surface area (Å²) in [4.78, 5) is 14.4. The monoisotopic (exact) mass is 325 g/mol. The van der Waals surface area contributed by atoms with Crippen LogP contribution in [0.15, 0.2) is 24.3 Å².